The van der Waals surface area contributed by atoms with Gasteiger partial charge in [0.1, 0.15) is 5.82 Å². The number of fused-ring (bicyclic) bond motifs is 1. The zero-order valence-electron chi connectivity index (χ0n) is 13.8. The highest BCUT2D eigenvalue weighted by atomic mass is 15.3. The van der Waals surface area contributed by atoms with Gasteiger partial charge in [-0.25, -0.2) is 4.98 Å². The number of rotatable bonds is 2. The number of hydrogen-bond donors (Lipinski definition) is 0. The van der Waals surface area contributed by atoms with E-state index in [9.17, 15) is 0 Å². The minimum absolute atomic E-state index is 0.346. The summed E-state index contributed by atoms with van der Waals surface area (Å²) >= 11 is 0. The van der Waals surface area contributed by atoms with E-state index in [0.717, 1.165) is 35.5 Å². The van der Waals surface area contributed by atoms with E-state index in [1.165, 1.54) is 17.7 Å². The summed E-state index contributed by atoms with van der Waals surface area (Å²) in [7, 11) is 2.01. The molecule has 0 saturated carbocycles. The standard InChI is InChI=1S/C18H21N5/c1-12-18(13(2)22(3)21-12)16-9-6-10-23(16)17-11-19-14-7-4-5-8-15(14)20-17/h4-5,7-8,11,16H,6,9-10H2,1-3H3/t16-/m0/s1. The fraction of sp³-hybridized carbons (Fsp3) is 0.389. The lowest BCUT2D eigenvalue weighted by Crippen LogP contribution is -2.24. The highest BCUT2D eigenvalue weighted by molar-refractivity contribution is 5.75. The first-order valence-electron chi connectivity index (χ1n) is 8.13. The van der Waals surface area contributed by atoms with Gasteiger partial charge in [-0.1, -0.05) is 12.1 Å². The SMILES string of the molecule is Cc1nn(C)c(C)c1[C@@H]1CCCN1c1cnc2ccccc2n1. The lowest BCUT2D eigenvalue weighted by Gasteiger charge is -2.26. The molecule has 0 amide bonds. The van der Waals surface area contributed by atoms with E-state index in [4.69, 9.17) is 4.98 Å². The van der Waals surface area contributed by atoms with Crippen molar-refractivity contribution < 1.29 is 0 Å². The Kier molecular flexibility index (Phi) is 3.29. The molecule has 0 unspecified atom stereocenters. The lowest BCUT2D eigenvalue weighted by atomic mass is 10.0. The van der Waals surface area contributed by atoms with Gasteiger partial charge in [0.2, 0.25) is 0 Å². The molecule has 5 heteroatoms. The van der Waals surface area contributed by atoms with Gasteiger partial charge in [-0.3, -0.25) is 9.67 Å². The Hall–Kier alpha value is -2.43. The maximum absolute atomic E-state index is 4.84. The molecule has 118 valence electrons. The molecule has 1 saturated heterocycles. The largest absolute Gasteiger partial charge is 0.348 e. The molecule has 5 nitrogen and oxygen atoms in total. The summed E-state index contributed by atoms with van der Waals surface area (Å²) in [6.07, 6.45) is 4.22. The molecule has 2 aromatic heterocycles. The fourth-order valence-electron chi connectivity index (χ4n) is 3.70. The van der Waals surface area contributed by atoms with Crippen molar-refractivity contribution in [2.75, 3.05) is 11.4 Å². The Morgan fingerprint density at radius 2 is 1.91 bits per heavy atom. The summed E-state index contributed by atoms with van der Waals surface area (Å²) in [5.41, 5.74) is 5.61. The minimum Gasteiger partial charge on any atom is -0.348 e. The maximum Gasteiger partial charge on any atom is 0.148 e. The number of anilines is 1. The normalized spacial score (nSPS) is 18.0. The van der Waals surface area contributed by atoms with E-state index in [-0.39, 0.29) is 0 Å². The van der Waals surface area contributed by atoms with Crippen LogP contribution in [0, 0.1) is 13.8 Å². The molecule has 23 heavy (non-hydrogen) atoms. The quantitative estimate of drug-likeness (QED) is 0.728. The predicted octanol–water partition coefficient (Wildman–Crippen LogP) is 3.32. The molecule has 0 N–H and O–H groups in total. The number of nitrogens with zero attached hydrogens (tertiary/aromatic N) is 5. The molecule has 1 aliphatic rings. The van der Waals surface area contributed by atoms with Gasteiger partial charge in [-0.2, -0.15) is 5.10 Å². The first kappa shape index (κ1) is 14.2. The van der Waals surface area contributed by atoms with Crippen LogP contribution in [0.4, 0.5) is 5.82 Å². The van der Waals surface area contributed by atoms with E-state index >= 15 is 0 Å². The summed E-state index contributed by atoms with van der Waals surface area (Å²) in [6.45, 7) is 5.27. The van der Waals surface area contributed by atoms with Crippen molar-refractivity contribution in [3.63, 3.8) is 0 Å². The minimum atomic E-state index is 0.346. The molecule has 1 fully saturated rings. The molecule has 0 radical (unpaired) electrons. The van der Waals surface area contributed by atoms with Gasteiger partial charge in [0, 0.05) is 24.8 Å². The van der Waals surface area contributed by atoms with Crippen molar-refractivity contribution in [2.45, 2.75) is 32.7 Å². The van der Waals surface area contributed by atoms with Crippen molar-refractivity contribution in [1.29, 1.82) is 0 Å². The van der Waals surface area contributed by atoms with Crippen LogP contribution >= 0.6 is 0 Å². The van der Waals surface area contributed by atoms with Crippen molar-refractivity contribution in [1.82, 2.24) is 19.7 Å². The average Bonchev–Trinajstić information content (AvgIpc) is 3.12. The summed E-state index contributed by atoms with van der Waals surface area (Å²) in [5, 5.41) is 4.59. The third-order valence-electron chi connectivity index (χ3n) is 4.88. The molecule has 0 bridgehead atoms. The van der Waals surface area contributed by atoms with E-state index in [0.29, 0.717) is 6.04 Å². The van der Waals surface area contributed by atoms with E-state index in [2.05, 4.69) is 28.8 Å². The van der Waals surface area contributed by atoms with Crippen LogP contribution in [-0.2, 0) is 7.05 Å². The van der Waals surface area contributed by atoms with Crippen molar-refractivity contribution >= 4 is 16.9 Å². The van der Waals surface area contributed by atoms with Crippen molar-refractivity contribution in [3.05, 3.63) is 47.4 Å². The van der Waals surface area contributed by atoms with E-state index in [1.807, 2.05) is 42.2 Å². The van der Waals surface area contributed by atoms with Gasteiger partial charge in [0.15, 0.2) is 0 Å². The molecule has 0 aliphatic carbocycles. The van der Waals surface area contributed by atoms with Gasteiger partial charge in [-0.05, 0) is 38.8 Å². The van der Waals surface area contributed by atoms with Crippen LogP contribution in [0.15, 0.2) is 30.5 Å². The molecular formula is C18H21N5. The fourth-order valence-corrected chi connectivity index (χ4v) is 3.70. The summed E-state index contributed by atoms with van der Waals surface area (Å²) in [5.74, 6) is 0.967. The third-order valence-corrected chi connectivity index (χ3v) is 4.88. The molecule has 4 rings (SSSR count). The number of para-hydroxylation sites is 2. The zero-order chi connectivity index (χ0) is 16.0. The zero-order valence-corrected chi connectivity index (χ0v) is 13.8. The highest BCUT2D eigenvalue weighted by Crippen LogP contribution is 2.38. The first-order chi connectivity index (χ1) is 11.1. The van der Waals surface area contributed by atoms with Crippen molar-refractivity contribution in [3.8, 4) is 0 Å². The van der Waals surface area contributed by atoms with Crippen molar-refractivity contribution in [2.24, 2.45) is 7.05 Å². The second-order valence-corrected chi connectivity index (χ2v) is 6.28. The van der Waals surface area contributed by atoms with Gasteiger partial charge in [-0.15, -0.1) is 0 Å². The molecule has 0 spiro atoms. The van der Waals surface area contributed by atoms with Crippen LogP contribution < -0.4 is 4.90 Å². The smallest absolute Gasteiger partial charge is 0.148 e. The first-order valence-corrected chi connectivity index (χ1v) is 8.13. The Morgan fingerprint density at radius 3 is 2.65 bits per heavy atom. The van der Waals surface area contributed by atoms with Crippen LogP contribution in [0.25, 0.3) is 11.0 Å². The van der Waals surface area contributed by atoms with Crippen LogP contribution in [-0.4, -0.2) is 26.3 Å². The van der Waals surface area contributed by atoms with Gasteiger partial charge >= 0.3 is 0 Å². The third kappa shape index (κ3) is 2.27. The molecule has 3 aromatic rings. The highest BCUT2D eigenvalue weighted by Gasteiger charge is 2.31. The molecule has 1 aliphatic heterocycles. The number of aryl methyl sites for hydroxylation is 2. The number of hydrogen-bond acceptors (Lipinski definition) is 4. The van der Waals surface area contributed by atoms with Crippen LogP contribution in [0.1, 0.15) is 35.8 Å². The van der Waals surface area contributed by atoms with Gasteiger partial charge < -0.3 is 4.90 Å². The van der Waals surface area contributed by atoms with Crippen LogP contribution in [0.2, 0.25) is 0 Å². The number of benzene rings is 1. The topological polar surface area (TPSA) is 46.8 Å². The second-order valence-electron chi connectivity index (χ2n) is 6.28. The summed E-state index contributed by atoms with van der Waals surface area (Å²) in [6, 6.07) is 8.38. The predicted molar refractivity (Wildman–Crippen MR) is 91.5 cm³/mol. The van der Waals surface area contributed by atoms with E-state index in [1.54, 1.807) is 0 Å². The number of aromatic nitrogens is 4. The molecule has 3 heterocycles. The summed E-state index contributed by atoms with van der Waals surface area (Å²) < 4.78 is 1.98. The summed E-state index contributed by atoms with van der Waals surface area (Å²) in [4.78, 5) is 11.8. The van der Waals surface area contributed by atoms with Crippen LogP contribution in [0.3, 0.4) is 0 Å². The second kappa shape index (κ2) is 5.33. The Bertz CT molecular complexity index is 867. The molecule has 1 atom stereocenters. The average molecular weight is 307 g/mol. The Balaban J connectivity index is 1.77. The van der Waals surface area contributed by atoms with Gasteiger partial charge in [0.05, 0.1) is 29.0 Å². The maximum atomic E-state index is 4.84. The Labute approximate surface area is 136 Å². The molecule has 1 aromatic carbocycles. The monoisotopic (exact) mass is 307 g/mol. The van der Waals surface area contributed by atoms with E-state index < -0.39 is 0 Å². The Morgan fingerprint density at radius 1 is 1.13 bits per heavy atom. The van der Waals surface area contributed by atoms with Crippen LogP contribution in [0.5, 0.6) is 0 Å². The van der Waals surface area contributed by atoms with Gasteiger partial charge in [0.25, 0.3) is 0 Å². The lowest BCUT2D eigenvalue weighted by molar-refractivity contribution is 0.693. The molecular weight excluding hydrogens is 286 g/mol.